The van der Waals surface area contributed by atoms with Crippen LogP contribution >= 0.6 is 0 Å². The van der Waals surface area contributed by atoms with Crippen molar-refractivity contribution in [2.45, 2.75) is 13.4 Å². The molecule has 0 aromatic heterocycles. The van der Waals surface area contributed by atoms with E-state index in [1.165, 1.54) is 24.3 Å². The van der Waals surface area contributed by atoms with E-state index in [2.05, 4.69) is 0 Å². The van der Waals surface area contributed by atoms with Crippen LogP contribution in [-0.2, 0) is 4.74 Å². The first kappa shape index (κ1) is 15.6. The summed E-state index contributed by atoms with van der Waals surface area (Å²) in [6, 6.07) is 8.95. The molecular weight excluding hydrogens is 292 g/mol. The first-order valence-electron chi connectivity index (χ1n) is 6.49. The summed E-state index contributed by atoms with van der Waals surface area (Å²) in [4.78, 5) is 0. The van der Waals surface area contributed by atoms with E-state index in [-0.39, 0.29) is 17.2 Å². The van der Waals surface area contributed by atoms with E-state index in [0.717, 1.165) is 0 Å². The van der Waals surface area contributed by atoms with Crippen LogP contribution in [0.25, 0.3) is 0 Å². The number of phenols is 4. The Morgan fingerprint density at radius 3 is 2.05 bits per heavy atom. The molecule has 0 amide bonds. The van der Waals surface area contributed by atoms with Crippen LogP contribution in [-0.4, -0.2) is 33.5 Å². The molecule has 0 saturated carbocycles. The summed E-state index contributed by atoms with van der Waals surface area (Å²) in [7, 11) is 0. The standard InChI is InChI=1S/C9H10O4.C6H6O3/c1-2-11-9-12-7-5-3-4-6(10)8(7)13-9;7-4-2-1-3-5(8)6(4)9/h3-5,9-10H,2H2,1H3;1-3,7-9H. The van der Waals surface area contributed by atoms with E-state index >= 15 is 0 Å². The lowest BCUT2D eigenvalue weighted by Gasteiger charge is -2.08. The number of fused-ring (bicyclic) bond motifs is 1. The molecule has 0 fully saturated rings. The molecule has 118 valence electrons. The van der Waals surface area contributed by atoms with Gasteiger partial charge in [-0.3, -0.25) is 0 Å². The zero-order chi connectivity index (χ0) is 16.1. The van der Waals surface area contributed by atoms with Crippen LogP contribution in [0.3, 0.4) is 0 Å². The summed E-state index contributed by atoms with van der Waals surface area (Å²) in [6.07, 6.45) is 0. The molecule has 1 unspecified atom stereocenters. The van der Waals surface area contributed by atoms with E-state index < -0.39 is 12.2 Å². The number of rotatable bonds is 2. The van der Waals surface area contributed by atoms with Crippen LogP contribution in [0.4, 0.5) is 0 Å². The molecule has 4 N–H and O–H groups in total. The lowest BCUT2D eigenvalue weighted by Crippen LogP contribution is -2.21. The molecule has 1 aliphatic rings. The Hall–Kier alpha value is -2.80. The second-order valence-corrected chi connectivity index (χ2v) is 4.23. The summed E-state index contributed by atoms with van der Waals surface area (Å²) < 4.78 is 15.5. The van der Waals surface area contributed by atoms with Crippen molar-refractivity contribution in [1.29, 1.82) is 0 Å². The van der Waals surface area contributed by atoms with Crippen LogP contribution in [0.5, 0.6) is 34.5 Å². The predicted molar refractivity (Wildman–Crippen MR) is 76.2 cm³/mol. The minimum Gasteiger partial charge on any atom is -0.504 e. The van der Waals surface area contributed by atoms with Crippen molar-refractivity contribution in [1.82, 2.24) is 0 Å². The molecule has 1 heterocycles. The highest BCUT2D eigenvalue weighted by Crippen LogP contribution is 2.41. The van der Waals surface area contributed by atoms with Gasteiger partial charge < -0.3 is 34.6 Å². The van der Waals surface area contributed by atoms with Crippen molar-refractivity contribution in [2.75, 3.05) is 6.61 Å². The number of benzene rings is 2. The Bertz CT molecular complexity index is 622. The SMILES string of the molecule is CCOC1Oc2cccc(O)c2O1.Oc1cccc(O)c1O. The van der Waals surface area contributed by atoms with Gasteiger partial charge in [-0.15, -0.1) is 0 Å². The van der Waals surface area contributed by atoms with Gasteiger partial charge in [0.05, 0.1) is 6.61 Å². The molecule has 0 aliphatic carbocycles. The third kappa shape index (κ3) is 3.44. The number of aromatic hydroxyl groups is 4. The topological polar surface area (TPSA) is 109 Å². The summed E-state index contributed by atoms with van der Waals surface area (Å²) in [5, 5.41) is 35.4. The third-order valence-corrected chi connectivity index (χ3v) is 2.69. The molecule has 0 bridgehead atoms. The second-order valence-electron chi connectivity index (χ2n) is 4.23. The van der Waals surface area contributed by atoms with E-state index in [4.69, 9.17) is 29.5 Å². The normalized spacial score (nSPS) is 15.0. The van der Waals surface area contributed by atoms with Crippen LogP contribution in [0.15, 0.2) is 36.4 Å². The van der Waals surface area contributed by atoms with Gasteiger partial charge in [-0.25, -0.2) is 0 Å². The summed E-state index contributed by atoms with van der Waals surface area (Å²) in [6.45, 7) is 1.61. The second kappa shape index (κ2) is 6.77. The van der Waals surface area contributed by atoms with Crippen molar-refractivity contribution in [3.05, 3.63) is 36.4 Å². The lowest BCUT2D eigenvalue weighted by molar-refractivity contribution is -0.173. The molecule has 7 nitrogen and oxygen atoms in total. The fourth-order valence-corrected chi connectivity index (χ4v) is 1.66. The average molecular weight is 308 g/mol. The van der Waals surface area contributed by atoms with Gasteiger partial charge in [-0.05, 0) is 31.2 Å². The van der Waals surface area contributed by atoms with Crippen molar-refractivity contribution in [3.8, 4) is 34.5 Å². The smallest absolute Gasteiger partial charge is 0.361 e. The van der Waals surface area contributed by atoms with Gasteiger partial charge in [0.15, 0.2) is 28.7 Å². The van der Waals surface area contributed by atoms with Crippen LogP contribution in [0.2, 0.25) is 0 Å². The molecule has 2 aromatic rings. The van der Waals surface area contributed by atoms with Crippen molar-refractivity contribution < 1.29 is 34.6 Å². The molecule has 3 rings (SSSR count). The maximum atomic E-state index is 9.36. The van der Waals surface area contributed by atoms with Gasteiger partial charge in [-0.2, -0.15) is 0 Å². The molecule has 22 heavy (non-hydrogen) atoms. The Morgan fingerprint density at radius 2 is 1.50 bits per heavy atom. The van der Waals surface area contributed by atoms with E-state index in [0.29, 0.717) is 18.1 Å². The quantitative estimate of drug-likeness (QED) is 0.630. The highest BCUT2D eigenvalue weighted by Gasteiger charge is 2.26. The minimum absolute atomic E-state index is 0.0692. The van der Waals surface area contributed by atoms with Gasteiger partial charge in [0.25, 0.3) is 0 Å². The molecule has 0 saturated heterocycles. The van der Waals surface area contributed by atoms with E-state index in [1.54, 1.807) is 12.1 Å². The van der Waals surface area contributed by atoms with Crippen molar-refractivity contribution in [3.63, 3.8) is 0 Å². The van der Waals surface area contributed by atoms with E-state index in [1.807, 2.05) is 6.92 Å². The Labute approximate surface area is 126 Å². The highest BCUT2D eigenvalue weighted by atomic mass is 16.9. The molecule has 1 atom stereocenters. The molecule has 2 aromatic carbocycles. The van der Waals surface area contributed by atoms with Gasteiger partial charge in [0.2, 0.25) is 5.75 Å². The summed E-state index contributed by atoms with van der Waals surface area (Å²) in [5.41, 5.74) is 0. The van der Waals surface area contributed by atoms with Crippen LogP contribution in [0, 0.1) is 0 Å². The number of hydrogen-bond donors (Lipinski definition) is 4. The maximum absolute atomic E-state index is 9.36. The first-order valence-corrected chi connectivity index (χ1v) is 6.49. The fraction of sp³-hybridized carbons (Fsp3) is 0.200. The monoisotopic (exact) mass is 308 g/mol. The van der Waals surface area contributed by atoms with Crippen LogP contribution < -0.4 is 9.47 Å². The number of phenolic OH excluding ortho intramolecular Hbond substituents is 4. The zero-order valence-electron chi connectivity index (χ0n) is 11.8. The lowest BCUT2D eigenvalue weighted by atomic mass is 10.3. The first-order chi connectivity index (χ1) is 10.5. The Morgan fingerprint density at radius 1 is 0.909 bits per heavy atom. The van der Waals surface area contributed by atoms with Gasteiger partial charge >= 0.3 is 6.48 Å². The van der Waals surface area contributed by atoms with Crippen molar-refractivity contribution in [2.24, 2.45) is 0 Å². The third-order valence-electron chi connectivity index (χ3n) is 2.69. The molecule has 0 spiro atoms. The molecule has 7 heteroatoms. The predicted octanol–water partition coefficient (Wildman–Crippen LogP) is 2.29. The van der Waals surface area contributed by atoms with Gasteiger partial charge in [0.1, 0.15) is 0 Å². The zero-order valence-corrected chi connectivity index (χ0v) is 11.8. The molecular formula is C15H16O7. The van der Waals surface area contributed by atoms with Gasteiger partial charge in [-0.1, -0.05) is 12.1 Å². The largest absolute Gasteiger partial charge is 0.504 e. The number of para-hydroxylation sites is 2. The van der Waals surface area contributed by atoms with E-state index in [9.17, 15) is 5.11 Å². The van der Waals surface area contributed by atoms with Gasteiger partial charge in [0, 0.05) is 0 Å². The average Bonchev–Trinajstić information content (AvgIpc) is 2.90. The Kier molecular flexibility index (Phi) is 4.80. The number of hydrogen-bond acceptors (Lipinski definition) is 7. The highest BCUT2D eigenvalue weighted by molar-refractivity contribution is 5.51. The van der Waals surface area contributed by atoms with Crippen LogP contribution in [0.1, 0.15) is 6.92 Å². The maximum Gasteiger partial charge on any atom is 0.361 e. The minimum atomic E-state index is -0.728. The Balaban J connectivity index is 0.000000172. The molecule has 0 radical (unpaired) electrons. The summed E-state index contributed by atoms with van der Waals surface area (Å²) in [5.74, 6) is -0.165. The summed E-state index contributed by atoms with van der Waals surface area (Å²) >= 11 is 0. The van der Waals surface area contributed by atoms with Crippen molar-refractivity contribution >= 4 is 0 Å². The fourth-order valence-electron chi connectivity index (χ4n) is 1.66. The molecule has 1 aliphatic heterocycles. The number of ether oxygens (including phenoxy) is 3.